The summed E-state index contributed by atoms with van der Waals surface area (Å²) in [5, 5.41) is 8.01. The van der Waals surface area contributed by atoms with Gasteiger partial charge in [-0.3, -0.25) is 14.5 Å². The maximum Gasteiger partial charge on any atom is 0.234 e. The summed E-state index contributed by atoms with van der Waals surface area (Å²) in [4.78, 5) is 29.0. The minimum absolute atomic E-state index is 0.0131. The first kappa shape index (κ1) is 16.6. The molecule has 0 aromatic carbocycles. The van der Waals surface area contributed by atoms with E-state index < -0.39 is 0 Å². The minimum Gasteiger partial charge on any atom is -0.353 e. The van der Waals surface area contributed by atoms with Crippen LogP contribution in [0.15, 0.2) is 5.38 Å². The van der Waals surface area contributed by atoms with Crippen molar-refractivity contribution in [1.29, 1.82) is 0 Å². The molecule has 0 bridgehead atoms. The van der Waals surface area contributed by atoms with Gasteiger partial charge in [0.2, 0.25) is 11.8 Å². The number of carbonyl (C=O) groups is 2. The summed E-state index contributed by atoms with van der Waals surface area (Å²) in [5.41, 5.74) is 0.859. The Balaban J connectivity index is 2.53. The second-order valence-electron chi connectivity index (χ2n) is 4.85. The van der Waals surface area contributed by atoms with Crippen LogP contribution in [0.1, 0.15) is 33.4 Å². The molecule has 1 aromatic heterocycles. The van der Waals surface area contributed by atoms with Gasteiger partial charge in [-0.05, 0) is 20.4 Å². The van der Waals surface area contributed by atoms with Gasteiger partial charge in [0, 0.05) is 24.9 Å². The molecule has 2 N–H and O–H groups in total. The zero-order valence-corrected chi connectivity index (χ0v) is 13.2. The Hall–Kier alpha value is -1.47. The van der Waals surface area contributed by atoms with E-state index in [1.54, 1.807) is 0 Å². The van der Waals surface area contributed by atoms with E-state index in [0.29, 0.717) is 18.2 Å². The van der Waals surface area contributed by atoms with E-state index in [9.17, 15) is 9.59 Å². The highest BCUT2D eigenvalue weighted by Crippen LogP contribution is 2.16. The molecule has 112 valence electrons. The Morgan fingerprint density at radius 2 is 2.15 bits per heavy atom. The van der Waals surface area contributed by atoms with Gasteiger partial charge in [-0.25, -0.2) is 4.98 Å². The summed E-state index contributed by atoms with van der Waals surface area (Å²) >= 11 is 1.39. The quantitative estimate of drug-likeness (QED) is 0.799. The van der Waals surface area contributed by atoms with Crippen molar-refractivity contribution < 1.29 is 9.59 Å². The average molecular weight is 298 g/mol. The van der Waals surface area contributed by atoms with Gasteiger partial charge < -0.3 is 10.6 Å². The van der Waals surface area contributed by atoms with Crippen molar-refractivity contribution >= 4 is 28.3 Å². The number of hydrogen-bond donors (Lipinski definition) is 2. The van der Waals surface area contributed by atoms with Gasteiger partial charge in [0.15, 0.2) is 5.13 Å². The van der Waals surface area contributed by atoms with Gasteiger partial charge in [0.1, 0.15) is 0 Å². The number of carbonyl (C=O) groups excluding carboxylic acids is 2. The van der Waals surface area contributed by atoms with E-state index in [0.717, 1.165) is 12.2 Å². The van der Waals surface area contributed by atoms with Crippen LogP contribution in [0, 0.1) is 0 Å². The van der Waals surface area contributed by atoms with E-state index in [1.165, 1.54) is 18.3 Å². The SMILES string of the molecule is CCN(CC(=O)NC(C)C)Cc1csc(NC(C)=O)n1. The Labute approximate surface area is 123 Å². The molecule has 1 aromatic rings. The first-order chi connectivity index (χ1) is 9.40. The molecule has 0 saturated carbocycles. The van der Waals surface area contributed by atoms with Crippen LogP contribution in [0.3, 0.4) is 0 Å². The molecule has 20 heavy (non-hydrogen) atoms. The van der Waals surface area contributed by atoms with Gasteiger partial charge in [-0.1, -0.05) is 6.92 Å². The molecule has 0 radical (unpaired) electrons. The van der Waals surface area contributed by atoms with Crippen LogP contribution >= 0.6 is 11.3 Å². The maximum absolute atomic E-state index is 11.7. The molecule has 0 aliphatic heterocycles. The Kier molecular flexibility index (Phi) is 6.60. The summed E-state index contributed by atoms with van der Waals surface area (Å²) in [6.07, 6.45) is 0. The van der Waals surface area contributed by atoms with Crippen LogP contribution in [0.2, 0.25) is 0 Å². The topological polar surface area (TPSA) is 74.3 Å². The highest BCUT2D eigenvalue weighted by atomic mass is 32.1. The van der Waals surface area contributed by atoms with Crippen LogP contribution in [-0.4, -0.2) is 40.8 Å². The van der Waals surface area contributed by atoms with Crippen molar-refractivity contribution in [3.63, 3.8) is 0 Å². The maximum atomic E-state index is 11.7. The highest BCUT2D eigenvalue weighted by molar-refractivity contribution is 7.13. The van der Waals surface area contributed by atoms with Crippen LogP contribution in [0.25, 0.3) is 0 Å². The van der Waals surface area contributed by atoms with E-state index in [2.05, 4.69) is 15.6 Å². The molecule has 0 aliphatic rings. The standard InChI is InChI=1S/C13H22N4O2S/c1-5-17(7-12(19)14-9(2)3)6-11-8-20-13(16-11)15-10(4)18/h8-9H,5-7H2,1-4H3,(H,14,19)(H,15,16,18). The Morgan fingerprint density at radius 1 is 1.45 bits per heavy atom. The molecule has 0 fully saturated rings. The molecule has 6 nitrogen and oxygen atoms in total. The van der Waals surface area contributed by atoms with E-state index in [-0.39, 0.29) is 17.9 Å². The summed E-state index contributed by atoms with van der Waals surface area (Å²) in [5.74, 6) is -0.117. The van der Waals surface area contributed by atoms with Gasteiger partial charge in [-0.2, -0.15) is 0 Å². The lowest BCUT2D eigenvalue weighted by Crippen LogP contribution is -2.39. The zero-order valence-electron chi connectivity index (χ0n) is 12.4. The van der Waals surface area contributed by atoms with Gasteiger partial charge in [0.25, 0.3) is 0 Å². The molecule has 0 atom stereocenters. The summed E-state index contributed by atoms with van der Waals surface area (Å²) in [6.45, 7) is 9.04. The fraction of sp³-hybridized carbons (Fsp3) is 0.615. The van der Waals surface area contributed by atoms with Crippen LogP contribution in [0.5, 0.6) is 0 Å². The number of hydrogen-bond acceptors (Lipinski definition) is 5. The number of nitrogens with zero attached hydrogens (tertiary/aromatic N) is 2. The van der Waals surface area contributed by atoms with Crippen molar-refractivity contribution in [2.24, 2.45) is 0 Å². The van der Waals surface area contributed by atoms with Crippen molar-refractivity contribution in [1.82, 2.24) is 15.2 Å². The smallest absolute Gasteiger partial charge is 0.234 e. The first-order valence-electron chi connectivity index (χ1n) is 6.64. The average Bonchev–Trinajstić information content (AvgIpc) is 2.73. The lowest BCUT2D eigenvalue weighted by atomic mass is 10.3. The van der Waals surface area contributed by atoms with Crippen LogP contribution < -0.4 is 10.6 Å². The highest BCUT2D eigenvalue weighted by Gasteiger charge is 2.12. The number of anilines is 1. The number of likely N-dealkylation sites (N-methyl/N-ethyl adjacent to an activating group) is 1. The fourth-order valence-corrected chi connectivity index (χ4v) is 2.41. The Bertz CT molecular complexity index is 459. The molecule has 2 amide bonds. The van der Waals surface area contributed by atoms with Crippen molar-refractivity contribution in [3.8, 4) is 0 Å². The molecule has 0 unspecified atom stereocenters. The molecule has 0 spiro atoms. The number of thiazole rings is 1. The Morgan fingerprint density at radius 3 is 2.70 bits per heavy atom. The first-order valence-corrected chi connectivity index (χ1v) is 7.52. The molecule has 1 heterocycles. The summed E-state index contributed by atoms with van der Waals surface area (Å²) in [7, 11) is 0. The molecule has 0 saturated heterocycles. The lowest BCUT2D eigenvalue weighted by molar-refractivity contribution is -0.122. The zero-order chi connectivity index (χ0) is 15.1. The number of nitrogens with one attached hydrogen (secondary N) is 2. The summed E-state index contributed by atoms with van der Waals surface area (Å²) in [6, 6.07) is 0.145. The van der Waals surface area contributed by atoms with Crippen LogP contribution in [-0.2, 0) is 16.1 Å². The van der Waals surface area contributed by atoms with Gasteiger partial charge in [-0.15, -0.1) is 11.3 Å². The molecule has 7 heteroatoms. The van der Waals surface area contributed by atoms with E-state index in [1.807, 2.05) is 31.1 Å². The molecule has 1 rings (SSSR count). The lowest BCUT2D eigenvalue weighted by Gasteiger charge is -2.19. The predicted octanol–water partition coefficient (Wildman–Crippen LogP) is 1.45. The molecular weight excluding hydrogens is 276 g/mol. The van der Waals surface area contributed by atoms with Gasteiger partial charge in [0.05, 0.1) is 12.2 Å². The normalized spacial score (nSPS) is 10.9. The third-order valence-electron chi connectivity index (χ3n) is 2.48. The largest absolute Gasteiger partial charge is 0.353 e. The third-order valence-corrected chi connectivity index (χ3v) is 3.29. The molecular formula is C13H22N4O2S. The number of rotatable bonds is 7. The fourth-order valence-electron chi connectivity index (χ4n) is 1.67. The second-order valence-corrected chi connectivity index (χ2v) is 5.71. The molecule has 0 aliphatic carbocycles. The third kappa shape index (κ3) is 6.12. The van der Waals surface area contributed by atoms with E-state index >= 15 is 0 Å². The second kappa shape index (κ2) is 7.96. The van der Waals surface area contributed by atoms with E-state index in [4.69, 9.17) is 0 Å². The minimum atomic E-state index is -0.130. The number of amides is 2. The monoisotopic (exact) mass is 298 g/mol. The van der Waals surface area contributed by atoms with Crippen LogP contribution in [0.4, 0.5) is 5.13 Å². The van der Waals surface area contributed by atoms with Crippen molar-refractivity contribution in [3.05, 3.63) is 11.1 Å². The number of aromatic nitrogens is 1. The predicted molar refractivity (Wildman–Crippen MR) is 80.6 cm³/mol. The van der Waals surface area contributed by atoms with Gasteiger partial charge >= 0.3 is 0 Å². The van der Waals surface area contributed by atoms with Crippen molar-refractivity contribution in [2.75, 3.05) is 18.4 Å². The van der Waals surface area contributed by atoms with Crippen molar-refractivity contribution in [2.45, 2.75) is 40.3 Å². The summed E-state index contributed by atoms with van der Waals surface area (Å²) < 4.78 is 0.